The van der Waals surface area contributed by atoms with Crippen LogP contribution >= 0.6 is 11.3 Å². The van der Waals surface area contributed by atoms with Crippen molar-refractivity contribution in [1.29, 1.82) is 0 Å². The third-order valence-corrected chi connectivity index (χ3v) is 4.24. The number of aromatic nitrogens is 3. The fourth-order valence-electron chi connectivity index (χ4n) is 2.51. The highest BCUT2D eigenvalue weighted by Crippen LogP contribution is 2.33. The van der Waals surface area contributed by atoms with Crippen molar-refractivity contribution in [2.24, 2.45) is 12.8 Å². The van der Waals surface area contributed by atoms with Gasteiger partial charge in [-0.05, 0) is 30.7 Å². The molecule has 17 heavy (non-hydrogen) atoms. The lowest BCUT2D eigenvalue weighted by Crippen LogP contribution is -2.15. The molecule has 0 saturated heterocycles. The van der Waals surface area contributed by atoms with E-state index in [0.717, 1.165) is 35.8 Å². The van der Waals surface area contributed by atoms with E-state index in [4.69, 9.17) is 5.73 Å². The molecular formula is C12H16N4S. The minimum absolute atomic E-state index is 0.335. The molecule has 3 rings (SSSR count). The molecular weight excluding hydrogens is 232 g/mol. The fourth-order valence-corrected chi connectivity index (χ4v) is 3.17. The van der Waals surface area contributed by atoms with Gasteiger partial charge in [0.1, 0.15) is 5.82 Å². The van der Waals surface area contributed by atoms with Gasteiger partial charge in [-0.15, -0.1) is 11.3 Å². The van der Waals surface area contributed by atoms with E-state index in [1.165, 1.54) is 0 Å². The van der Waals surface area contributed by atoms with Crippen molar-refractivity contribution >= 4 is 11.3 Å². The lowest BCUT2D eigenvalue weighted by atomic mass is 10.1. The summed E-state index contributed by atoms with van der Waals surface area (Å²) < 4.78 is 1.91. The quantitative estimate of drug-likeness (QED) is 0.886. The number of thiophene rings is 1. The third-order valence-electron chi connectivity index (χ3n) is 3.38. The Labute approximate surface area is 104 Å². The molecule has 1 aliphatic carbocycles. The van der Waals surface area contributed by atoms with E-state index in [0.29, 0.717) is 12.0 Å². The second-order valence-electron chi connectivity index (χ2n) is 4.66. The first-order chi connectivity index (χ1) is 8.24. The highest BCUT2D eigenvalue weighted by Gasteiger charge is 2.27. The van der Waals surface area contributed by atoms with Crippen molar-refractivity contribution in [3.63, 3.8) is 0 Å². The summed E-state index contributed by atoms with van der Waals surface area (Å²) >= 11 is 1.68. The Morgan fingerprint density at radius 2 is 2.35 bits per heavy atom. The van der Waals surface area contributed by atoms with Gasteiger partial charge in [-0.1, -0.05) is 6.07 Å². The molecule has 1 aliphatic rings. The van der Waals surface area contributed by atoms with Gasteiger partial charge in [0.05, 0.1) is 4.88 Å². The maximum Gasteiger partial charge on any atom is 0.191 e. The zero-order valence-corrected chi connectivity index (χ0v) is 10.7. The molecule has 90 valence electrons. The number of rotatable bonds is 2. The first kappa shape index (κ1) is 10.9. The average Bonchev–Trinajstić information content (AvgIpc) is 2.97. The zero-order valence-electron chi connectivity index (χ0n) is 9.84. The summed E-state index contributed by atoms with van der Waals surface area (Å²) in [5.74, 6) is 2.41. The second-order valence-corrected chi connectivity index (χ2v) is 5.61. The monoisotopic (exact) mass is 248 g/mol. The fraction of sp³-hybridized carbons (Fsp3) is 0.500. The molecule has 2 atom stereocenters. The van der Waals surface area contributed by atoms with Crippen LogP contribution in [0.1, 0.15) is 31.0 Å². The predicted molar refractivity (Wildman–Crippen MR) is 68.9 cm³/mol. The minimum Gasteiger partial charge on any atom is -0.328 e. The molecule has 0 spiro atoms. The van der Waals surface area contributed by atoms with Crippen LogP contribution in [0.25, 0.3) is 10.7 Å². The van der Waals surface area contributed by atoms with E-state index < -0.39 is 0 Å². The van der Waals surface area contributed by atoms with Gasteiger partial charge in [-0.3, -0.25) is 4.68 Å². The van der Waals surface area contributed by atoms with Crippen molar-refractivity contribution in [1.82, 2.24) is 14.8 Å². The standard InChI is InChI=1S/C12H16N4S/c1-16-12(8-4-5-9(13)7-8)14-11(15-16)10-3-2-6-17-10/h2-3,6,8-9H,4-5,7,13H2,1H3. The van der Waals surface area contributed by atoms with Crippen molar-refractivity contribution in [2.75, 3.05) is 0 Å². The van der Waals surface area contributed by atoms with E-state index in [1.54, 1.807) is 11.3 Å². The van der Waals surface area contributed by atoms with Crippen LogP contribution in [0.3, 0.4) is 0 Å². The molecule has 0 radical (unpaired) electrons. The molecule has 1 fully saturated rings. The van der Waals surface area contributed by atoms with E-state index in [9.17, 15) is 0 Å². The number of hydrogen-bond acceptors (Lipinski definition) is 4. The lowest BCUT2D eigenvalue weighted by Gasteiger charge is -2.07. The Balaban J connectivity index is 1.91. The molecule has 2 N–H and O–H groups in total. The van der Waals surface area contributed by atoms with Crippen molar-refractivity contribution in [3.05, 3.63) is 23.3 Å². The Hall–Kier alpha value is -1.20. The zero-order chi connectivity index (χ0) is 11.8. The normalized spacial score (nSPS) is 24.4. The molecule has 0 bridgehead atoms. The van der Waals surface area contributed by atoms with E-state index in [1.807, 2.05) is 17.8 Å². The Morgan fingerprint density at radius 3 is 3.00 bits per heavy atom. The molecule has 2 unspecified atom stereocenters. The highest BCUT2D eigenvalue weighted by molar-refractivity contribution is 7.13. The molecule has 1 saturated carbocycles. The molecule has 2 aromatic rings. The first-order valence-corrected chi connectivity index (χ1v) is 6.82. The summed E-state index contributed by atoms with van der Waals surface area (Å²) in [5, 5.41) is 6.55. The van der Waals surface area contributed by atoms with Crippen LogP contribution < -0.4 is 5.73 Å². The SMILES string of the molecule is Cn1nc(-c2cccs2)nc1C1CCC(N)C1. The van der Waals surface area contributed by atoms with Gasteiger partial charge in [0, 0.05) is 19.0 Å². The van der Waals surface area contributed by atoms with Gasteiger partial charge in [-0.25, -0.2) is 4.98 Å². The topological polar surface area (TPSA) is 56.7 Å². The number of hydrogen-bond donors (Lipinski definition) is 1. The van der Waals surface area contributed by atoms with Crippen LogP contribution in [0.4, 0.5) is 0 Å². The largest absolute Gasteiger partial charge is 0.328 e. The van der Waals surface area contributed by atoms with Gasteiger partial charge in [0.25, 0.3) is 0 Å². The van der Waals surface area contributed by atoms with Gasteiger partial charge in [-0.2, -0.15) is 5.10 Å². The van der Waals surface area contributed by atoms with Gasteiger partial charge in [0.15, 0.2) is 5.82 Å². The van der Waals surface area contributed by atoms with Crippen molar-refractivity contribution in [2.45, 2.75) is 31.2 Å². The average molecular weight is 248 g/mol. The highest BCUT2D eigenvalue weighted by atomic mass is 32.1. The summed E-state index contributed by atoms with van der Waals surface area (Å²) in [6, 6.07) is 4.42. The maximum atomic E-state index is 5.96. The molecule has 4 nitrogen and oxygen atoms in total. The summed E-state index contributed by atoms with van der Waals surface area (Å²) in [6.07, 6.45) is 3.28. The molecule has 5 heteroatoms. The summed E-state index contributed by atoms with van der Waals surface area (Å²) in [7, 11) is 1.98. The summed E-state index contributed by atoms with van der Waals surface area (Å²) in [5.41, 5.74) is 5.96. The first-order valence-electron chi connectivity index (χ1n) is 5.94. The van der Waals surface area contributed by atoms with Gasteiger partial charge >= 0.3 is 0 Å². The van der Waals surface area contributed by atoms with Crippen LogP contribution in [-0.4, -0.2) is 20.8 Å². The molecule has 2 heterocycles. The van der Waals surface area contributed by atoms with Crippen LogP contribution in [0.5, 0.6) is 0 Å². The van der Waals surface area contributed by atoms with Gasteiger partial charge < -0.3 is 5.73 Å². The number of nitrogens with zero attached hydrogens (tertiary/aromatic N) is 3. The van der Waals surface area contributed by atoms with Crippen LogP contribution in [0.15, 0.2) is 17.5 Å². The van der Waals surface area contributed by atoms with Crippen LogP contribution in [-0.2, 0) is 7.05 Å². The molecule has 2 aromatic heterocycles. The maximum absolute atomic E-state index is 5.96. The van der Waals surface area contributed by atoms with E-state index in [-0.39, 0.29) is 0 Å². The third kappa shape index (κ3) is 2.00. The Morgan fingerprint density at radius 1 is 1.47 bits per heavy atom. The van der Waals surface area contributed by atoms with E-state index >= 15 is 0 Å². The minimum atomic E-state index is 0.335. The van der Waals surface area contributed by atoms with E-state index in [2.05, 4.69) is 21.5 Å². The number of nitrogens with two attached hydrogens (primary N) is 1. The Bertz CT molecular complexity index is 503. The molecule has 0 amide bonds. The lowest BCUT2D eigenvalue weighted by molar-refractivity contribution is 0.591. The smallest absolute Gasteiger partial charge is 0.191 e. The summed E-state index contributed by atoms with van der Waals surface area (Å²) in [4.78, 5) is 5.81. The van der Waals surface area contributed by atoms with Crippen LogP contribution in [0, 0.1) is 0 Å². The molecule has 0 aliphatic heterocycles. The Kier molecular flexibility index (Phi) is 2.72. The van der Waals surface area contributed by atoms with Crippen molar-refractivity contribution < 1.29 is 0 Å². The number of aryl methyl sites for hydroxylation is 1. The predicted octanol–water partition coefficient (Wildman–Crippen LogP) is 2.14. The van der Waals surface area contributed by atoms with Gasteiger partial charge in [0.2, 0.25) is 0 Å². The second kappa shape index (κ2) is 4.23. The van der Waals surface area contributed by atoms with Crippen molar-refractivity contribution in [3.8, 4) is 10.7 Å². The molecule has 0 aromatic carbocycles. The summed E-state index contributed by atoms with van der Waals surface area (Å²) in [6.45, 7) is 0. The van der Waals surface area contributed by atoms with Crippen LogP contribution in [0.2, 0.25) is 0 Å².